The molecule has 4 heteroatoms. The number of aromatic nitrogens is 2. The Morgan fingerprint density at radius 1 is 1.47 bits per heavy atom. The maximum Gasteiger partial charge on any atom is 0.188 e. The standard InChI is InChI=1S/C11H17N3S/c1-9-5-7-13-11(14-9)15-10-4-2-3-6-12-8-10/h5,7,10,12H,2-4,6,8H2,1H3. The van der Waals surface area contributed by atoms with Crippen LogP contribution in [0, 0.1) is 6.92 Å². The summed E-state index contributed by atoms with van der Waals surface area (Å²) in [5.41, 5.74) is 1.05. The lowest BCUT2D eigenvalue weighted by Gasteiger charge is -2.12. The topological polar surface area (TPSA) is 37.8 Å². The van der Waals surface area contributed by atoms with Crippen molar-refractivity contribution in [2.75, 3.05) is 13.1 Å². The Kier molecular flexibility index (Phi) is 3.97. The maximum atomic E-state index is 4.42. The van der Waals surface area contributed by atoms with Crippen LogP contribution >= 0.6 is 11.8 Å². The fraction of sp³-hybridized carbons (Fsp3) is 0.636. The summed E-state index contributed by atoms with van der Waals surface area (Å²) in [6.45, 7) is 4.25. The second-order valence-electron chi connectivity index (χ2n) is 3.92. The van der Waals surface area contributed by atoms with E-state index in [9.17, 15) is 0 Å². The lowest BCUT2D eigenvalue weighted by Crippen LogP contribution is -2.22. The molecule has 1 N–H and O–H groups in total. The summed E-state index contributed by atoms with van der Waals surface area (Å²) in [6.07, 6.45) is 5.73. The molecule has 1 aliphatic heterocycles. The molecule has 1 fully saturated rings. The minimum atomic E-state index is 0.634. The zero-order valence-electron chi connectivity index (χ0n) is 9.07. The molecule has 82 valence electrons. The zero-order chi connectivity index (χ0) is 10.5. The molecular formula is C11H17N3S. The number of hydrogen-bond donors (Lipinski definition) is 1. The van der Waals surface area contributed by atoms with Gasteiger partial charge in [-0.15, -0.1) is 0 Å². The van der Waals surface area contributed by atoms with Crippen molar-refractivity contribution in [1.82, 2.24) is 15.3 Å². The van der Waals surface area contributed by atoms with Gasteiger partial charge in [0.05, 0.1) is 0 Å². The van der Waals surface area contributed by atoms with Gasteiger partial charge in [-0.05, 0) is 32.4 Å². The summed E-state index contributed by atoms with van der Waals surface area (Å²) in [5.74, 6) is 0. The molecular weight excluding hydrogens is 206 g/mol. The van der Waals surface area contributed by atoms with E-state index < -0.39 is 0 Å². The Balaban J connectivity index is 1.95. The van der Waals surface area contributed by atoms with Gasteiger partial charge >= 0.3 is 0 Å². The molecule has 0 aromatic carbocycles. The smallest absolute Gasteiger partial charge is 0.188 e. The Hall–Kier alpha value is -0.610. The van der Waals surface area contributed by atoms with Crippen molar-refractivity contribution in [2.24, 2.45) is 0 Å². The number of rotatable bonds is 2. The normalized spacial score (nSPS) is 22.3. The van der Waals surface area contributed by atoms with Crippen LogP contribution in [0.5, 0.6) is 0 Å². The van der Waals surface area contributed by atoms with Crippen molar-refractivity contribution in [1.29, 1.82) is 0 Å². The molecule has 15 heavy (non-hydrogen) atoms. The van der Waals surface area contributed by atoms with Gasteiger partial charge in [-0.3, -0.25) is 0 Å². The van der Waals surface area contributed by atoms with Gasteiger partial charge in [0, 0.05) is 23.7 Å². The third kappa shape index (κ3) is 3.47. The predicted molar refractivity (Wildman–Crippen MR) is 63.1 cm³/mol. The lowest BCUT2D eigenvalue weighted by atomic mass is 10.2. The van der Waals surface area contributed by atoms with E-state index in [0.29, 0.717) is 5.25 Å². The highest BCUT2D eigenvalue weighted by Gasteiger charge is 2.14. The van der Waals surface area contributed by atoms with Gasteiger partial charge in [0.2, 0.25) is 0 Å². The number of hydrogen-bond acceptors (Lipinski definition) is 4. The summed E-state index contributed by atoms with van der Waals surface area (Å²) >= 11 is 1.81. The van der Waals surface area contributed by atoms with Crippen molar-refractivity contribution in [3.63, 3.8) is 0 Å². The highest BCUT2D eigenvalue weighted by Crippen LogP contribution is 2.24. The molecule has 1 unspecified atom stereocenters. The first kappa shape index (κ1) is 10.9. The van der Waals surface area contributed by atoms with Crippen LogP contribution in [0.3, 0.4) is 0 Å². The molecule has 0 radical (unpaired) electrons. The quantitative estimate of drug-likeness (QED) is 0.778. The van der Waals surface area contributed by atoms with Crippen LogP contribution in [0.15, 0.2) is 17.4 Å². The van der Waals surface area contributed by atoms with Crippen LogP contribution in [-0.2, 0) is 0 Å². The third-order valence-electron chi connectivity index (χ3n) is 2.55. The van der Waals surface area contributed by atoms with E-state index in [-0.39, 0.29) is 0 Å². The van der Waals surface area contributed by atoms with Crippen LogP contribution in [0.1, 0.15) is 25.0 Å². The van der Waals surface area contributed by atoms with Gasteiger partial charge in [0.1, 0.15) is 0 Å². The van der Waals surface area contributed by atoms with Crippen molar-refractivity contribution < 1.29 is 0 Å². The van der Waals surface area contributed by atoms with E-state index in [1.54, 1.807) is 0 Å². The first-order valence-electron chi connectivity index (χ1n) is 5.51. The van der Waals surface area contributed by atoms with Gasteiger partial charge in [-0.1, -0.05) is 18.2 Å². The van der Waals surface area contributed by atoms with Crippen molar-refractivity contribution in [3.05, 3.63) is 18.0 Å². The van der Waals surface area contributed by atoms with Crippen molar-refractivity contribution in [2.45, 2.75) is 36.6 Å². The molecule has 1 atom stereocenters. The highest BCUT2D eigenvalue weighted by atomic mass is 32.2. The summed E-state index contributed by atoms with van der Waals surface area (Å²) in [5, 5.41) is 5.01. The molecule has 0 amide bonds. The molecule has 0 spiro atoms. The molecule has 0 saturated carbocycles. The van der Waals surface area contributed by atoms with Gasteiger partial charge in [0.25, 0.3) is 0 Å². The maximum absolute atomic E-state index is 4.42. The molecule has 0 aliphatic carbocycles. The van der Waals surface area contributed by atoms with E-state index >= 15 is 0 Å². The van der Waals surface area contributed by atoms with Gasteiger partial charge in [-0.25, -0.2) is 9.97 Å². The molecule has 0 bridgehead atoms. The molecule has 3 nitrogen and oxygen atoms in total. The monoisotopic (exact) mass is 223 g/mol. The molecule has 1 aromatic rings. The summed E-state index contributed by atoms with van der Waals surface area (Å²) in [4.78, 5) is 8.71. The minimum Gasteiger partial charge on any atom is -0.316 e. The first-order valence-corrected chi connectivity index (χ1v) is 6.39. The van der Waals surface area contributed by atoms with E-state index in [1.807, 2.05) is 30.9 Å². The fourth-order valence-corrected chi connectivity index (χ4v) is 2.82. The van der Waals surface area contributed by atoms with E-state index in [4.69, 9.17) is 0 Å². The Morgan fingerprint density at radius 3 is 3.27 bits per heavy atom. The van der Waals surface area contributed by atoms with Crippen LogP contribution < -0.4 is 5.32 Å². The first-order chi connectivity index (χ1) is 7.34. The van der Waals surface area contributed by atoms with Crippen LogP contribution in [-0.4, -0.2) is 28.3 Å². The van der Waals surface area contributed by atoms with Crippen molar-refractivity contribution in [3.8, 4) is 0 Å². The predicted octanol–water partition coefficient (Wildman–Crippen LogP) is 2.02. The average molecular weight is 223 g/mol. The van der Waals surface area contributed by atoms with Gasteiger partial charge in [0.15, 0.2) is 5.16 Å². The van der Waals surface area contributed by atoms with Crippen molar-refractivity contribution >= 4 is 11.8 Å². The van der Waals surface area contributed by atoms with E-state index in [0.717, 1.165) is 23.9 Å². The Bertz CT molecular complexity index is 308. The minimum absolute atomic E-state index is 0.634. The van der Waals surface area contributed by atoms with Crippen LogP contribution in [0.4, 0.5) is 0 Å². The average Bonchev–Trinajstić information content (AvgIpc) is 2.46. The largest absolute Gasteiger partial charge is 0.316 e. The van der Waals surface area contributed by atoms with E-state index in [2.05, 4.69) is 15.3 Å². The molecule has 2 rings (SSSR count). The summed E-state index contributed by atoms with van der Waals surface area (Å²) < 4.78 is 0. The van der Waals surface area contributed by atoms with Gasteiger partial charge < -0.3 is 5.32 Å². The molecule has 1 saturated heterocycles. The Labute approximate surface area is 95.1 Å². The number of thioether (sulfide) groups is 1. The molecule has 1 aromatic heterocycles. The number of nitrogens with one attached hydrogen (secondary N) is 1. The second kappa shape index (κ2) is 5.47. The zero-order valence-corrected chi connectivity index (χ0v) is 9.89. The third-order valence-corrected chi connectivity index (χ3v) is 3.69. The highest BCUT2D eigenvalue weighted by molar-refractivity contribution is 7.99. The fourth-order valence-electron chi connectivity index (χ4n) is 1.72. The Morgan fingerprint density at radius 2 is 2.40 bits per heavy atom. The summed E-state index contributed by atoms with van der Waals surface area (Å²) in [6, 6.07) is 1.94. The molecule has 1 aliphatic rings. The molecule has 2 heterocycles. The number of aryl methyl sites for hydroxylation is 1. The van der Waals surface area contributed by atoms with Crippen LogP contribution in [0.25, 0.3) is 0 Å². The second-order valence-corrected chi connectivity index (χ2v) is 5.19. The van der Waals surface area contributed by atoms with Gasteiger partial charge in [-0.2, -0.15) is 0 Å². The van der Waals surface area contributed by atoms with E-state index in [1.165, 1.54) is 19.3 Å². The SMILES string of the molecule is Cc1ccnc(SC2CCCCNC2)n1. The van der Waals surface area contributed by atoms with Crippen LogP contribution in [0.2, 0.25) is 0 Å². The number of nitrogens with zero attached hydrogens (tertiary/aromatic N) is 2. The lowest BCUT2D eigenvalue weighted by molar-refractivity contribution is 0.706. The summed E-state index contributed by atoms with van der Waals surface area (Å²) in [7, 11) is 0.